The molecule has 2 N–H and O–H groups in total. The number of likely N-dealkylation sites (N-methyl/N-ethyl adjacent to an activating group) is 2. The van der Waals surface area contributed by atoms with Crippen molar-refractivity contribution in [3.63, 3.8) is 0 Å². The Morgan fingerprint density at radius 1 is 1.29 bits per heavy atom. The smallest absolute Gasteiger partial charge is 0.118 e. The highest BCUT2D eigenvalue weighted by Crippen LogP contribution is 2.17. The second kappa shape index (κ2) is 7.75. The number of nitrogens with one attached hydrogen (secondary N) is 1. The number of aliphatic hydroxyl groups is 1. The molecule has 0 spiro atoms. The van der Waals surface area contributed by atoms with Gasteiger partial charge in [-0.25, -0.2) is 0 Å². The highest BCUT2D eigenvalue weighted by atomic mass is 16.5. The number of hydrogen-bond donors (Lipinski definition) is 2. The molecule has 1 aromatic rings. The number of benzene rings is 1. The number of rotatable bonds is 6. The number of nitrogens with zero attached hydrogens (tertiary/aromatic N) is 2. The second-order valence-electron chi connectivity index (χ2n) is 5.84. The average molecular weight is 293 g/mol. The van der Waals surface area contributed by atoms with Crippen LogP contribution in [0.15, 0.2) is 24.3 Å². The molecule has 2 unspecified atom stereocenters. The van der Waals surface area contributed by atoms with Crippen molar-refractivity contribution >= 4 is 0 Å². The van der Waals surface area contributed by atoms with Crippen LogP contribution in [0.3, 0.4) is 0 Å². The van der Waals surface area contributed by atoms with Crippen LogP contribution in [0.1, 0.15) is 11.7 Å². The molecule has 5 heteroatoms. The molecule has 2 rings (SSSR count). The van der Waals surface area contributed by atoms with E-state index in [9.17, 15) is 5.11 Å². The zero-order valence-corrected chi connectivity index (χ0v) is 13.2. The first-order chi connectivity index (χ1) is 10.1. The van der Waals surface area contributed by atoms with E-state index in [0.29, 0.717) is 12.6 Å². The lowest BCUT2D eigenvalue weighted by atomic mass is 10.1. The molecule has 1 heterocycles. The molecule has 1 aliphatic rings. The van der Waals surface area contributed by atoms with Crippen LogP contribution < -0.4 is 10.1 Å². The van der Waals surface area contributed by atoms with Crippen molar-refractivity contribution in [2.24, 2.45) is 0 Å². The molecule has 5 nitrogen and oxygen atoms in total. The summed E-state index contributed by atoms with van der Waals surface area (Å²) in [5, 5.41) is 13.6. The van der Waals surface area contributed by atoms with E-state index in [4.69, 9.17) is 4.74 Å². The summed E-state index contributed by atoms with van der Waals surface area (Å²) in [5.74, 6) is 0.811. The number of aliphatic hydroxyl groups excluding tert-OH is 1. The summed E-state index contributed by atoms with van der Waals surface area (Å²) < 4.78 is 5.12. The maximum Gasteiger partial charge on any atom is 0.118 e. The summed E-state index contributed by atoms with van der Waals surface area (Å²) in [7, 11) is 5.97. The maximum atomic E-state index is 10.2. The quantitative estimate of drug-likeness (QED) is 0.803. The molecular weight excluding hydrogens is 266 g/mol. The number of piperazine rings is 1. The minimum atomic E-state index is -0.484. The van der Waals surface area contributed by atoms with E-state index in [-0.39, 0.29) is 0 Å². The lowest BCUT2D eigenvalue weighted by molar-refractivity contribution is 0.108. The van der Waals surface area contributed by atoms with Crippen LogP contribution in [0.2, 0.25) is 0 Å². The summed E-state index contributed by atoms with van der Waals surface area (Å²) >= 11 is 0. The molecule has 0 radical (unpaired) electrons. The van der Waals surface area contributed by atoms with Gasteiger partial charge in [-0.15, -0.1) is 0 Å². The van der Waals surface area contributed by atoms with E-state index in [1.54, 1.807) is 7.11 Å². The summed E-state index contributed by atoms with van der Waals surface area (Å²) in [6.45, 7) is 4.77. The van der Waals surface area contributed by atoms with Crippen molar-refractivity contribution in [1.29, 1.82) is 0 Å². The Kier molecular flexibility index (Phi) is 5.99. The van der Waals surface area contributed by atoms with Crippen LogP contribution in [-0.4, -0.2) is 74.9 Å². The molecule has 118 valence electrons. The monoisotopic (exact) mass is 293 g/mol. The van der Waals surface area contributed by atoms with Gasteiger partial charge >= 0.3 is 0 Å². The van der Waals surface area contributed by atoms with Crippen LogP contribution in [0.5, 0.6) is 5.75 Å². The molecule has 0 amide bonds. The van der Waals surface area contributed by atoms with Gasteiger partial charge in [0, 0.05) is 38.8 Å². The Morgan fingerprint density at radius 3 is 2.67 bits per heavy atom. The molecule has 0 saturated carbocycles. The third kappa shape index (κ3) is 4.68. The van der Waals surface area contributed by atoms with Gasteiger partial charge in [0.15, 0.2) is 0 Å². The molecule has 0 bridgehead atoms. The van der Waals surface area contributed by atoms with E-state index in [2.05, 4.69) is 29.2 Å². The summed E-state index contributed by atoms with van der Waals surface area (Å²) in [6.07, 6.45) is -0.484. The van der Waals surface area contributed by atoms with Gasteiger partial charge in [-0.2, -0.15) is 0 Å². The van der Waals surface area contributed by atoms with Crippen LogP contribution in [0.4, 0.5) is 0 Å². The third-order valence-electron chi connectivity index (χ3n) is 4.20. The number of ether oxygens (including phenoxy) is 1. The molecular formula is C16H27N3O2. The predicted molar refractivity (Wildman–Crippen MR) is 84.7 cm³/mol. The highest BCUT2D eigenvalue weighted by molar-refractivity contribution is 5.28. The fraction of sp³-hybridized carbons (Fsp3) is 0.625. The van der Waals surface area contributed by atoms with E-state index in [1.807, 2.05) is 24.3 Å². The van der Waals surface area contributed by atoms with Gasteiger partial charge in [0.25, 0.3) is 0 Å². The Labute approximate surface area is 127 Å². The molecule has 0 aliphatic carbocycles. The molecule has 1 saturated heterocycles. The first kappa shape index (κ1) is 16.2. The normalized spacial score (nSPS) is 22.2. The first-order valence-corrected chi connectivity index (χ1v) is 7.51. The van der Waals surface area contributed by atoms with Gasteiger partial charge in [-0.3, -0.25) is 4.90 Å². The number of methoxy groups -OCH3 is 1. The van der Waals surface area contributed by atoms with Crippen molar-refractivity contribution in [2.75, 3.05) is 53.9 Å². The van der Waals surface area contributed by atoms with Crippen molar-refractivity contribution in [2.45, 2.75) is 12.1 Å². The van der Waals surface area contributed by atoms with Gasteiger partial charge in [0.2, 0.25) is 0 Å². The van der Waals surface area contributed by atoms with E-state index in [0.717, 1.165) is 37.5 Å². The number of hydrogen-bond acceptors (Lipinski definition) is 5. The third-order valence-corrected chi connectivity index (χ3v) is 4.20. The minimum Gasteiger partial charge on any atom is -0.497 e. The highest BCUT2D eigenvalue weighted by Gasteiger charge is 2.21. The van der Waals surface area contributed by atoms with Gasteiger partial charge < -0.3 is 20.1 Å². The van der Waals surface area contributed by atoms with E-state index in [1.165, 1.54) is 0 Å². The molecule has 1 aliphatic heterocycles. The second-order valence-corrected chi connectivity index (χ2v) is 5.84. The molecule has 1 aromatic carbocycles. The van der Waals surface area contributed by atoms with Crippen LogP contribution in [0.25, 0.3) is 0 Å². The fourth-order valence-electron chi connectivity index (χ4n) is 2.65. The Balaban J connectivity index is 1.76. The van der Waals surface area contributed by atoms with Crippen molar-refractivity contribution in [3.8, 4) is 5.75 Å². The van der Waals surface area contributed by atoms with E-state index < -0.39 is 6.10 Å². The maximum absolute atomic E-state index is 10.2. The summed E-state index contributed by atoms with van der Waals surface area (Å²) in [5.41, 5.74) is 0.914. The van der Waals surface area contributed by atoms with Crippen molar-refractivity contribution in [3.05, 3.63) is 29.8 Å². The Bertz CT molecular complexity index is 424. The van der Waals surface area contributed by atoms with Crippen molar-refractivity contribution < 1.29 is 9.84 Å². The zero-order chi connectivity index (χ0) is 15.2. The zero-order valence-electron chi connectivity index (χ0n) is 13.2. The molecule has 2 atom stereocenters. The average Bonchev–Trinajstić information content (AvgIpc) is 2.50. The topological polar surface area (TPSA) is 48.0 Å². The van der Waals surface area contributed by atoms with Gasteiger partial charge in [0.1, 0.15) is 5.75 Å². The minimum absolute atomic E-state index is 0.484. The SMILES string of the molecule is COc1ccc(C(O)CNCC2CN(C)CCN2C)cc1. The van der Waals surface area contributed by atoms with Gasteiger partial charge in [0.05, 0.1) is 13.2 Å². The standard InChI is InChI=1S/C16H27N3O2/c1-18-8-9-19(2)14(12-18)10-17-11-16(20)13-4-6-15(21-3)7-5-13/h4-7,14,16-17,20H,8-12H2,1-3H3. The fourth-order valence-corrected chi connectivity index (χ4v) is 2.65. The Morgan fingerprint density at radius 2 is 2.00 bits per heavy atom. The molecule has 0 aromatic heterocycles. The molecule has 1 fully saturated rings. The van der Waals surface area contributed by atoms with Crippen molar-refractivity contribution in [1.82, 2.24) is 15.1 Å². The summed E-state index contributed by atoms with van der Waals surface area (Å²) in [4.78, 5) is 4.74. The largest absolute Gasteiger partial charge is 0.497 e. The summed E-state index contributed by atoms with van der Waals surface area (Å²) in [6, 6.07) is 8.08. The van der Waals surface area contributed by atoms with Gasteiger partial charge in [-0.1, -0.05) is 12.1 Å². The predicted octanol–water partition coefficient (Wildman–Crippen LogP) is 0.564. The first-order valence-electron chi connectivity index (χ1n) is 7.51. The lowest BCUT2D eigenvalue weighted by Gasteiger charge is -2.38. The van der Waals surface area contributed by atoms with Crippen LogP contribution in [0, 0.1) is 0 Å². The molecule has 21 heavy (non-hydrogen) atoms. The Hall–Kier alpha value is -1.14. The van der Waals surface area contributed by atoms with Crippen LogP contribution in [-0.2, 0) is 0 Å². The van der Waals surface area contributed by atoms with Gasteiger partial charge in [-0.05, 0) is 31.8 Å². The lowest BCUT2D eigenvalue weighted by Crippen LogP contribution is -2.54. The van der Waals surface area contributed by atoms with Crippen LogP contribution >= 0.6 is 0 Å². The van der Waals surface area contributed by atoms with E-state index >= 15 is 0 Å².